The topological polar surface area (TPSA) is 147 Å². The zero-order valence-corrected chi connectivity index (χ0v) is 10.9. The van der Waals surface area contributed by atoms with Crippen molar-refractivity contribution in [3.05, 3.63) is 0 Å². The number of aliphatic carboxylic acids is 1. The van der Waals surface area contributed by atoms with E-state index in [1.165, 1.54) is 4.90 Å². The van der Waals surface area contributed by atoms with Gasteiger partial charge in [-0.15, -0.1) is 0 Å². The van der Waals surface area contributed by atoms with E-state index in [1.807, 2.05) is 0 Å². The number of amides is 4. The molecule has 1 heterocycles. The first-order chi connectivity index (χ1) is 9.29. The van der Waals surface area contributed by atoms with Gasteiger partial charge in [0.15, 0.2) is 0 Å². The van der Waals surface area contributed by atoms with Gasteiger partial charge in [-0.1, -0.05) is 0 Å². The molecule has 1 aliphatic heterocycles. The van der Waals surface area contributed by atoms with Gasteiger partial charge in [-0.3, -0.25) is 14.4 Å². The zero-order chi connectivity index (χ0) is 15.3. The molecule has 1 fully saturated rings. The Morgan fingerprint density at radius 3 is 2.15 bits per heavy atom. The number of carboxylic acid groups (broad SMARTS) is 1. The fourth-order valence-electron chi connectivity index (χ4n) is 2.19. The van der Waals surface area contributed by atoms with Crippen molar-refractivity contribution in [3.8, 4) is 0 Å². The standard InChI is InChI=1S/C11H18N4O5/c12-8(16)5-15(6-9(13)17)11(20)14-2-1-7(4-14)3-10(18)19/h7H,1-6H2,(H2,12,16)(H2,13,17)(H,18,19). The molecule has 112 valence electrons. The molecule has 0 bridgehead atoms. The van der Waals surface area contributed by atoms with Crippen LogP contribution in [0.5, 0.6) is 0 Å². The maximum absolute atomic E-state index is 12.1. The van der Waals surface area contributed by atoms with Crippen molar-refractivity contribution < 1.29 is 24.3 Å². The average molecular weight is 286 g/mol. The highest BCUT2D eigenvalue weighted by atomic mass is 16.4. The summed E-state index contributed by atoms with van der Waals surface area (Å²) in [5.74, 6) is -2.54. The highest BCUT2D eigenvalue weighted by Crippen LogP contribution is 2.20. The second-order valence-corrected chi connectivity index (χ2v) is 4.77. The molecule has 0 aromatic carbocycles. The van der Waals surface area contributed by atoms with Gasteiger partial charge in [-0.25, -0.2) is 4.79 Å². The highest BCUT2D eigenvalue weighted by molar-refractivity contribution is 5.87. The minimum absolute atomic E-state index is 0.0184. The van der Waals surface area contributed by atoms with Crippen LogP contribution < -0.4 is 11.5 Å². The van der Waals surface area contributed by atoms with E-state index in [0.717, 1.165) is 4.90 Å². The van der Waals surface area contributed by atoms with Gasteiger partial charge >= 0.3 is 12.0 Å². The summed E-state index contributed by atoms with van der Waals surface area (Å²) in [4.78, 5) is 46.9. The number of rotatable bonds is 6. The van der Waals surface area contributed by atoms with Crippen LogP contribution in [0, 0.1) is 5.92 Å². The van der Waals surface area contributed by atoms with Crippen LogP contribution in [0.2, 0.25) is 0 Å². The molecule has 1 saturated heterocycles. The van der Waals surface area contributed by atoms with E-state index in [9.17, 15) is 19.2 Å². The summed E-state index contributed by atoms with van der Waals surface area (Å²) < 4.78 is 0. The van der Waals surface area contributed by atoms with Crippen molar-refractivity contribution in [1.29, 1.82) is 0 Å². The summed E-state index contributed by atoms with van der Waals surface area (Å²) in [6, 6.07) is -0.532. The highest BCUT2D eigenvalue weighted by Gasteiger charge is 2.31. The second-order valence-electron chi connectivity index (χ2n) is 4.77. The van der Waals surface area contributed by atoms with E-state index < -0.39 is 36.9 Å². The van der Waals surface area contributed by atoms with Crippen molar-refractivity contribution in [3.63, 3.8) is 0 Å². The van der Waals surface area contributed by atoms with Crippen molar-refractivity contribution in [1.82, 2.24) is 9.80 Å². The number of primary amides is 2. The van der Waals surface area contributed by atoms with Gasteiger partial charge in [0.1, 0.15) is 13.1 Å². The van der Waals surface area contributed by atoms with Crippen molar-refractivity contribution >= 4 is 23.8 Å². The third-order valence-electron chi connectivity index (χ3n) is 2.98. The zero-order valence-electron chi connectivity index (χ0n) is 10.9. The molecule has 4 amide bonds. The third kappa shape index (κ3) is 4.75. The largest absolute Gasteiger partial charge is 0.481 e. The lowest BCUT2D eigenvalue weighted by Gasteiger charge is -2.26. The number of carboxylic acids is 1. The Morgan fingerprint density at radius 2 is 1.70 bits per heavy atom. The van der Waals surface area contributed by atoms with Crippen LogP contribution in [0.3, 0.4) is 0 Å². The molecule has 9 nitrogen and oxygen atoms in total. The lowest BCUT2D eigenvalue weighted by molar-refractivity contribution is -0.138. The van der Waals surface area contributed by atoms with Crippen LogP contribution in [0.4, 0.5) is 4.79 Å². The van der Waals surface area contributed by atoms with E-state index in [2.05, 4.69) is 0 Å². The minimum atomic E-state index is -0.921. The molecule has 0 spiro atoms. The number of hydrogen-bond acceptors (Lipinski definition) is 4. The van der Waals surface area contributed by atoms with Gasteiger partial charge in [-0.05, 0) is 12.3 Å². The van der Waals surface area contributed by atoms with Crippen LogP contribution >= 0.6 is 0 Å². The molecule has 0 saturated carbocycles. The summed E-state index contributed by atoms with van der Waals surface area (Å²) in [5.41, 5.74) is 10.0. The van der Waals surface area contributed by atoms with Crippen molar-refractivity contribution in [2.75, 3.05) is 26.2 Å². The number of nitrogens with zero attached hydrogens (tertiary/aromatic N) is 2. The predicted molar refractivity (Wildman–Crippen MR) is 67.3 cm³/mol. The lowest BCUT2D eigenvalue weighted by atomic mass is 10.1. The summed E-state index contributed by atoms with van der Waals surface area (Å²) in [6.45, 7) is -0.145. The fraction of sp³-hybridized carbons (Fsp3) is 0.636. The molecule has 20 heavy (non-hydrogen) atoms. The van der Waals surface area contributed by atoms with E-state index >= 15 is 0 Å². The van der Waals surface area contributed by atoms with E-state index in [1.54, 1.807) is 0 Å². The molecular weight excluding hydrogens is 268 g/mol. The molecule has 9 heteroatoms. The number of nitrogens with two attached hydrogens (primary N) is 2. The minimum Gasteiger partial charge on any atom is -0.481 e. The third-order valence-corrected chi connectivity index (χ3v) is 2.98. The molecule has 0 aromatic rings. The smallest absolute Gasteiger partial charge is 0.320 e. The average Bonchev–Trinajstić information content (AvgIpc) is 2.73. The molecule has 0 aliphatic carbocycles. The monoisotopic (exact) mass is 286 g/mol. The Hall–Kier alpha value is -2.32. The van der Waals surface area contributed by atoms with Crippen molar-refractivity contribution in [2.24, 2.45) is 17.4 Å². The Bertz CT molecular complexity index is 409. The first-order valence-corrected chi connectivity index (χ1v) is 6.11. The maximum atomic E-state index is 12.1. The van der Waals surface area contributed by atoms with Crippen LogP contribution in [0.15, 0.2) is 0 Å². The molecule has 1 rings (SSSR count). The van der Waals surface area contributed by atoms with Crippen LogP contribution in [0.1, 0.15) is 12.8 Å². The van der Waals surface area contributed by atoms with E-state index in [-0.39, 0.29) is 18.9 Å². The number of carbonyl (C=O) groups is 4. The molecule has 0 radical (unpaired) electrons. The van der Waals surface area contributed by atoms with E-state index in [0.29, 0.717) is 13.0 Å². The molecule has 1 unspecified atom stereocenters. The Morgan fingerprint density at radius 1 is 1.15 bits per heavy atom. The summed E-state index contributed by atoms with van der Waals surface area (Å²) >= 11 is 0. The van der Waals surface area contributed by atoms with Crippen LogP contribution in [-0.4, -0.2) is 64.9 Å². The Balaban J connectivity index is 2.63. The van der Waals surface area contributed by atoms with Gasteiger partial charge in [0.25, 0.3) is 0 Å². The Labute approximate surface area is 115 Å². The quantitative estimate of drug-likeness (QED) is 0.525. The number of carbonyl (C=O) groups excluding carboxylic acids is 3. The Kier molecular flexibility index (Phi) is 5.30. The molecule has 1 atom stereocenters. The normalized spacial score (nSPS) is 17.8. The van der Waals surface area contributed by atoms with Crippen LogP contribution in [-0.2, 0) is 14.4 Å². The summed E-state index contributed by atoms with van der Waals surface area (Å²) in [6.07, 6.45) is 0.550. The molecular formula is C11H18N4O5. The van der Waals surface area contributed by atoms with Gasteiger partial charge < -0.3 is 26.4 Å². The molecule has 1 aliphatic rings. The van der Waals surface area contributed by atoms with Gasteiger partial charge in [0, 0.05) is 19.5 Å². The van der Waals surface area contributed by atoms with E-state index in [4.69, 9.17) is 16.6 Å². The van der Waals surface area contributed by atoms with Gasteiger partial charge in [-0.2, -0.15) is 0 Å². The first-order valence-electron chi connectivity index (χ1n) is 6.11. The SMILES string of the molecule is NC(=O)CN(CC(N)=O)C(=O)N1CCC(CC(=O)O)C1. The first kappa shape index (κ1) is 15.7. The molecule has 0 aromatic heterocycles. The summed E-state index contributed by atoms with van der Waals surface area (Å²) in [5, 5.41) is 8.71. The fourth-order valence-corrected chi connectivity index (χ4v) is 2.19. The predicted octanol–water partition coefficient (Wildman–Crippen LogP) is -1.82. The van der Waals surface area contributed by atoms with Crippen LogP contribution in [0.25, 0.3) is 0 Å². The number of hydrogen-bond donors (Lipinski definition) is 3. The lowest BCUT2D eigenvalue weighted by Crippen LogP contribution is -2.49. The van der Waals surface area contributed by atoms with Gasteiger partial charge in [0.05, 0.1) is 0 Å². The second kappa shape index (κ2) is 6.73. The molecule has 5 N–H and O–H groups in total. The maximum Gasteiger partial charge on any atom is 0.320 e. The van der Waals surface area contributed by atoms with Crippen molar-refractivity contribution in [2.45, 2.75) is 12.8 Å². The number of urea groups is 1. The number of likely N-dealkylation sites (tertiary alicyclic amines) is 1. The summed E-state index contributed by atoms with van der Waals surface area (Å²) in [7, 11) is 0. The van der Waals surface area contributed by atoms with Gasteiger partial charge in [0.2, 0.25) is 11.8 Å².